The second-order valence-corrected chi connectivity index (χ2v) is 10.1. The zero-order chi connectivity index (χ0) is 25.9. The maximum atomic E-state index is 12.6. The normalized spacial score (nSPS) is 14.7. The van der Waals surface area contributed by atoms with Crippen molar-refractivity contribution in [2.24, 2.45) is 0 Å². The van der Waals surface area contributed by atoms with Gasteiger partial charge in [-0.25, -0.2) is 0 Å². The number of H-pyrrole nitrogens is 1. The Labute approximate surface area is 216 Å². The third kappa shape index (κ3) is 7.57. The van der Waals surface area contributed by atoms with Gasteiger partial charge in [0.05, 0.1) is 5.57 Å². The van der Waals surface area contributed by atoms with E-state index in [9.17, 15) is 9.59 Å². The number of carbonyl (C=O) groups excluding carboxylic acids is 2. The summed E-state index contributed by atoms with van der Waals surface area (Å²) in [7, 11) is 2.01. The molecule has 1 aromatic heterocycles. The number of amides is 2. The van der Waals surface area contributed by atoms with E-state index >= 15 is 0 Å². The highest BCUT2D eigenvalue weighted by Crippen LogP contribution is 2.35. The summed E-state index contributed by atoms with van der Waals surface area (Å²) in [5.41, 5.74) is 6.69. The van der Waals surface area contributed by atoms with E-state index in [0.29, 0.717) is 12.0 Å². The fourth-order valence-corrected chi connectivity index (χ4v) is 5.27. The summed E-state index contributed by atoms with van der Waals surface area (Å²) in [6, 6.07) is 7.75. The van der Waals surface area contributed by atoms with E-state index in [2.05, 4.69) is 34.8 Å². The third-order valence-electron chi connectivity index (χ3n) is 7.19. The molecule has 0 spiro atoms. The maximum absolute atomic E-state index is 12.6. The molecular weight excluding hydrogens is 448 g/mol. The number of para-hydroxylation sites is 1. The van der Waals surface area contributed by atoms with E-state index in [1.54, 1.807) is 0 Å². The summed E-state index contributed by atoms with van der Waals surface area (Å²) in [5, 5.41) is 9.23. The number of hydrogen-bond donors (Lipinski definition) is 4. The van der Waals surface area contributed by atoms with Crippen molar-refractivity contribution in [3.8, 4) is 0 Å². The monoisotopic (exact) mass is 492 g/mol. The van der Waals surface area contributed by atoms with Crippen molar-refractivity contribution in [3.63, 3.8) is 0 Å². The second-order valence-electron chi connectivity index (χ2n) is 10.1. The van der Waals surface area contributed by atoms with Crippen LogP contribution in [-0.2, 0) is 9.59 Å². The van der Waals surface area contributed by atoms with Gasteiger partial charge in [-0.1, -0.05) is 63.6 Å². The molecule has 196 valence electrons. The molecule has 36 heavy (non-hydrogen) atoms. The van der Waals surface area contributed by atoms with E-state index in [4.69, 9.17) is 0 Å². The van der Waals surface area contributed by atoms with Crippen LogP contribution < -0.4 is 16.0 Å². The number of anilines is 1. The van der Waals surface area contributed by atoms with Gasteiger partial charge < -0.3 is 20.9 Å². The second kappa shape index (κ2) is 14.0. The average molecular weight is 493 g/mol. The first kappa shape index (κ1) is 27.7. The van der Waals surface area contributed by atoms with Crippen molar-refractivity contribution >= 4 is 29.2 Å². The topological polar surface area (TPSA) is 86.0 Å². The van der Waals surface area contributed by atoms with Gasteiger partial charge in [0.1, 0.15) is 0 Å². The van der Waals surface area contributed by atoms with Crippen molar-refractivity contribution < 1.29 is 9.59 Å². The molecule has 0 aliphatic carbocycles. The van der Waals surface area contributed by atoms with Gasteiger partial charge in [0, 0.05) is 35.6 Å². The molecule has 2 amide bonds. The van der Waals surface area contributed by atoms with Crippen LogP contribution in [0.3, 0.4) is 0 Å². The minimum absolute atomic E-state index is 0.0821. The average Bonchev–Trinajstić information content (AvgIpc) is 3.32. The molecule has 2 aromatic rings. The number of fused-ring (bicyclic) bond motifs is 1. The highest BCUT2D eigenvalue weighted by atomic mass is 16.2. The van der Waals surface area contributed by atoms with Crippen LogP contribution >= 0.6 is 0 Å². The summed E-state index contributed by atoms with van der Waals surface area (Å²) < 4.78 is 0. The summed E-state index contributed by atoms with van der Waals surface area (Å²) in [4.78, 5) is 28.5. The first-order valence-corrected chi connectivity index (χ1v) is 13.6. The highest BCUT2D eigenvalue weighted by molar-refractivity contribution is 6.34. The van der Waals surface area contributed by atoms with Crippen molar-refractivity contribution in [2.75, 3.05) is 25.5 Å². The Morgan fingerprint density at radius 2 is 1.61 bits per heavy atom. The molecule has 4 N–H and O–H groups in total. The number of rotatable bonds is 15. The van der Waals surface area contributed by atoms with E-state index in [0.717, 1.165) is 47.7 Å². The molecule has 0 bridgehead atoms. The predicted octanol–water partition coefficient (Wildman–Crippen LogP) is 6.07. The van der Waals surface area contributed by atoms with E-state index in [1.165, 1.54) is 50.5 Å². The minimum Gasteiger partial charge on any atom is -0.359 e. The molecule has 1 aliphatic heterocycles. The number of aryl methyl sites for hydroxylation is 1. The zero-order valence-corrected chi connectivity index (χ0v) is 22.6. The fourth-order valence-electron chi connectivity index (χ4n) is 5.27. The lowest BCUT2D eigenvalue weighted by Gasteiger charge is -2.13. The van der Waals surface area contributed by atoms with E-state index in [-0.39, 0.29) is 17.7 Å². The Balaban J connectivity index is 1.44. The number of aromatic nitrogens is 1. The Kier molecular flexibility index (Phi) is 10.8. The van der Waals surface area contributed by atoms with Crippen LogP contribution in [0.2, 0.25) is 0 Å². The van der Waals surface area contributed by atoms with Crippen LogP contribution in [0.5, 0.6) is 0 Å². The summed E-state index contributed by atoms with van der Waals surface area (Å²) in [6.07, 6.45) is 12.4. The molecule has 3 rings (SSSR count). The lowest BCUT2D eigenvalue weighted by atomic mass is 9.93. The number of hydrogen-bond acceptors (Lipinski definition) is 3. The Bertz CT molecular complexity index is 1050. The molecule has 2 heterocycles. The quantitative estimate of drug-likeness (QED) is 0.180. The van der Waals surface area contributed by atoms with E-state index in [1.807, 2.05) is 44.3 Å². The standard InChI is InChI=1S/C30H44N4O2/c1-21(19-28(35)32-18-14-10-8-6-5-7-9-13-17-31-4)29-22(2)27(33-23(29)3)20-25-24-15-11-12-16-26(24)34-30(25)36/h11-12,15-16,20-21,31,33H,5-10,13-14,17-19H2,1-4H3,(H,32,35)(H,34,36). The van der Waals surface area contributed by atoms with Gasteiger partial charge in [0.15, 0.2) is 0 Å². The van der Waals surface area contributed by atoms with Crippen molar-refractivity contribution in [2.45, 2.75) is 84.5 Å². The highest BCUT2D eigenvalue weighted by Gasteiger charge is 2.25. The van der Waals surface area contributed by atoms with Crippen LogP contribution in [0.1, 0.15) is 98.7 Å². The summed E-state index contributed by atoms with van der Waals surface area (Å²) in [6.45, 7) is 8.09. The van der Waals surface area contributed by atoms with Gasteiger partial charge >= 0.3 is 0 Å². The zero-order valence-electron chi connectivity index (χ0n) is 22.6. The third-order valence-corrected chi connectivity index (χ3v) is 7.19. The molecule has 1 atom stereocenters. The molecule has 0 radical (unpaired) electrons. The van der Waals surface area contributed by atoms with Gasteiger partial charge in [-0.15, -0.1) is 0 Å². The predicted molar refractivity (Wildman–Crippen MR) is 150 cm³/mol. The lowest BCUT2D eigenvalue weighted by Crippen LogP contribution is -2.25. The van der Waals surface area contributed by atoms with Crippen LogP contribution in [0.4, 0.5) is 5.69 Å². The first-order valence-electron chi connectivity index (χ1n) is 13.6. The van der Waals surface area contributed by atoms with E-state index < -0.39 is 0 Å². The number of benzene rings is 1. The van der Waals surface area contributed by atoms with Crippen LogP contribution in [0.25, 0.3) is 11.6 Å². The number of unbranched alkanes of at least 4 members (excludes halogenated alkanes) is 7. The SMILES string of the molecule is CNCCCCCCCCCCNC(=O)CC(C)c1c(C)[nH]c(C=C2C(=O)Nc3ccccc32)c1C. The van der Waals surface area contributed by atoms with Crippen molar-refractivity contribution in [1.29, 1.82) is 0 Å². The largest absolute Gasteiger partial charge is 0.359 e. The Morgan fingerprint density at radius 1 is 0.972 bits per heavy atom. The minimum atomic E-state index is -0.0821. The summed E-state index contributed by atoms with van der Waals surface area (Å²) in [5.74, 6) is 0.124. The Hall–Kier alpha value is -2.86. The molecule has 1 unspecified atom stereocenters. The fraction of sp³-hybridized carbons (Fsp3) is 0.533. The molecule has 6 nitrogen and oxygen atoms in total. The molecule has 0 fully saturated rings. The first-order chi connectivity index (χ1) is 17.4. The molecule has 0 saturated carbocycles. The van der Waals surface area contributed by atoms with Gasteiger partial charge in [-0.2, -0.15) is 0 Å². The molecular formula is C30H44N4O2. The van der Waals surface area contributed by atoms with Crippen LogP contribution in [-0.4, -0.2) is 36.9 Å². The smallest absolute Gasteiger partial charge is 0.256 e. The molecule has 1 aliphatic rings. The van der Waals surface area contributed by atoms with Gasteiger partial charge in [-0.05, 0) is 69.5 Å². The Morgan fingerprint density at radius 3 is 2.31 bits per heavy atom. The van der Waals surface area contributed by atoms with Gasteiger partial charge in [-0.3, -0.25) is 9.59 Å². The maximum Gasteiger partial charge on any atom is 0.256 e. The number of carbonyl (C=O) groups is 2. The molecule has 6 heteroatoms. The molecule has 0 saturated heterocycles. The van der Waals surface area contributed by atoms with Crippen LogP contribution in [0, 0.1) is 13.8 Å². The number of nitrogens with one attached hydrogen (secondary N) is 4. The van der Waals surface area contributed by atoms with Crippen molar-refractivity contribution in [1.82, 2.24) is 15.6 Å². The van der Waals surface area contributed by atoms with Crippen molar-refractivity contribution in [3.05, 3.63) is 52.3 Å². The lowest BCUT2D eigenvalue weighted by molar-refractivity contribution is -0.121. The number of aromatic amines is 1. The van der Waals surface area contributed by atoms with Gasteiger partial charge in [0.25, 0.3) is 5.91 Å². The van der Waals surface area contributed by atoms with Crippen LogP contribution in [0.15, 0.2) is 24.3 Å². The van der Waals surface area contributed by atoms with Gasteiger partial charge in [0.2, 0.25) is 5.91 Å². The molecule has 1 aromatic carbocycles. The summed E-state index contributed by atoms with van der Waals surface area (Å²) >= 11 is 0.